The van der Waals surface area contributed by atoms with Gasteiger partial charge in [-0.3, -0.25) is 14.5 Å². The number of aromatic nitrogens is 1. The molecule has 1 aliphatic rings. The van der Waals surface area contributed by atoms with Crippen molar-refractivity contribution in [3.63, 3.8) is 0 Å². The number of carbonyl (C=O) groups excluding carboxylic acids is 2. The van der Waals surface area contributed by atoms with Gasteiger partial charge in [-0.25, -0.2) is 0 Å². The van der Waals surface area contributed by atoms with Crippen LogP contribution in [-0.2, 0) is 9.59 Å². The van der Waals surface area contributed by atoms with Gasteiger partial charge in [-0.2, -0.15) is 0 Å². The Labute approximate surface area is 171 Å². The lowest BCUT2D eigenvalue weighted by molar-refractivity contribution is -0.389. The highest BCUT2D eigenvalue weighted by atomic mass is 16.6. The predicted octanol–water partition coefficient (Wildman–Crippen LogP) is 2.15. The minimum Gasteiger partial charge on any atom is -0.493 e. The number of hydrogen-bond donors (Lipinski definition) is 1. The van der Waals surface area contributed by atoms with Crippen molar-refractivity contribution in [2.24, 2.45) is 0 Å². The van der Waals surface area contributed by atoms with E-state index in [9.17, 15) is 19.7 Å². The summed E-state index contributed by atoms with van der Waals surface area (Å²) in [4.78, 5) is 41.0. The standard InChI is InChI=1S/C19H20N4O7/c1-10(18(24)20-12-5-6-13(28-3)15(9-12)29-4)22-17-14(30-11(2)19(22)25)7-8-16(21-17)23(26)27/h5-11H,1-4H3,(H,20,24). The van der Waals surface area contributed by atoms with E-state index in [1.807, 2.05) is 0 Å². The van der Waals surface area contributed by atoms with Crippen LogP contribution < -0.4 is 24.4 Å². The maximum Gasteiger partial charge on any atom is 0.366 e. The van der Waals surface area contributed by atoms with Crippen molar-refractivity contribution in [3.8, 4) is 17.2 Å². The monoisotopic (exact) mass is 416 g/mol. The number of anilines is 2. The minimum atomic E-state index is -1.02. The molecule has 2 amide bonds. The topological polar surface area (TPSA) is 133 Å². The highest BCUT2D eigenvalue weighted by molar-refractivity contribution is 6.07. The Morgan fingerprint density at radius 2 is 1.97 bits per heavy atom. The van der Waals surface area contributed by atoms with Crippen molar-refractivity contribution in [2.75, 3.05) is 24.4 Å². The summed E-state index contributed by atoms with van der Waals surface area (Å²) in [6, 6.07) is 6.33. The number of benzene rings is 1. The molecule has 0 saturated heterocycles. The zero-order valence-corrected chi connectivity index (χ0v) is 16.7. The number of methoxy groups -OCH3 is 2. The van der Waals surface area contributed by atoms with Crippen LogP contribution in [0.1, 0.15) is 13.8 Å². The molecule has 158 valence electrons. The summed E-state index contributed by atoms with van der Waals surface area (Å²) < 4.78 is 15.9. The second-order valence-electron chi connectivity index (χ2n) is 6.45. The number of ether oxygens (including phenoxy) is 3. The quantitative estimate of drug-likeness (QED) is 0.559. The van der Waals surface area contributed by atoms with Gasteiger partial charge in [0.25, 0.3) is 11.7 Å². The predicted molar refractivity (Wildman–Crippen MR) is 106 cm³/mol. The van der Waals surface area contributed by atoms with Crippen LogP contribution in [0.15, 0.2) is 30.3 Å². The van der Waals surface area contributed by atoms with E-state index in [2.05, 4.69) is 10.3 Å². The zero-order chi connectivity index (χ0) is 22.0. The molecule has 1 aliphatic heterocycles. The van der Waals surface area contributed by atoms with E-state index < -0.39 is 34.7 Å². The Morgan fingerprint density at radius 1 is 1.27 bits per heavy atom. The van der Waals surface area contributed by atoms with Crippen molar-refractivity contribution in [3.05, 3.63) is 40.4 Å². The van der Waals surface area contributed by atoms with Crippen molar-refractivity contribution in [2.45, 2.75) is 26.0 Å². The third-order valence-electron chi connectivity index (χ3n) is 4.55. The first kappa shape index (κ1) is 20.8. The van der Waals surface area contributed by atoms with Gasteiger partial charge in [-0.05, 0) is 42.0 Å². The Bertz CT molecular complexity index is 1010. The summed E-state index contributed by atoms with van der Waals surface area (Å²) in [5.41, 5.74) is 0.422. The first-order valence-corrected chi connectivity index (χ1v) is 8.94. The largest absolute Gasteiger partial charge is 0.493 e. The van der Waals surface area contributed by atoms with E-state index in [0.29, 0.717) is 17.2 Å². The molecule has 0 bridgehead atoms. The fourth-order valence-electron chi connectivity index (χ4n) is 2.99. The molecule has 1 aromatic heterocycles. The van der Waals surface area contributed by atoms with Crippen LogP contribution in [0.4, 0.5) is 17.3 Å². The fourth-order valence-corrected chi connectivity index (χ4v) is 2.99. The molecule has 0 aliphatic carbocycles. The summed E-state index contributed by atoms with van der Waals surface area (Å²) in [5, 5.41) is 13.8. The molecule has 1 N–H and O–H groups in total. The molecule has 11 heteroatoms. The number of hydrogen-bond acceptors (Lipinski definition) is 8. The van der Waals surface area contributed by atoms with Gasteiger partial charge in [0, 0.05) is 17.8 Å². The van der Waals surface area contributed by atoms with Gasteiger partial charge in [-0.15, -0.1) is 0 Å². The number of nitrogens with zero attached hydrogens (tertiary/aromatic N) is 3. The van der Waals surface area contributed by atoms with Gasteiger partial charge in [0.2, 0.25) is 5.91 Å². The lowest BCUT2D eigenvalue weighted by Gasteiger charge is -2.32. The Morgan fingerprint density at radius 3 is 2.60 bits per heavy atom. The first-order chi connectivity index (χ1) is 14.3. The molecule has 0 fully saturated rings. The van der Waals surface area contributed by atoms with E-state index >= 15 is 0 Å². The molecule has 0 radical (unpaired) electrons. The van der Waals surface area contributed by atoms with E-state index in [1.165, 1.54) is 40.2 Å². The van der Waals surface area contributed by atoms with Crippen molar-refractivity contribution < 1.29 is 28.7 Å². The molecule has 0 spiro atoms. The molecule has 1 aromatic carbocycles. The maximum absolute atomic E-state index is 12.9. The number of amides is 2. The fraction of sp³-hybridized carbons (Fsp3) is 0.316. The van der Waals surface area contributed by atoms with E-state index in [-0.39, 0.29) is 11.6 Å². The molecule has 2 unspecified atom stereocenters. The number of nitrogens with one attached hydrogen (secondary N) is 1. The summed E-state index contributed by atoms with van der Waals surface area (Å²) in [5.74, 6) is -0.514. The second-order valence-corrected chi connectivity index (χ2v) is 6.45. The van der Waals surface area contributed by atoms with Gasteiger partial charge in [0.15, 0.2) is 23.4 Å². The molecule has 2 atom stereocenters. The van der Waals surface area contributed by atoms with Crippen LogP contribution in [0.5, 0.6) is 17.2 Å². The van der Waals surface area contributed by atoms with Crippen molar-refractivity contribution in [1.82, 2.24) is 4.98 Å². The summed E-state index contributed by atoms with van der Waals surface area (Å²) in [7, 11) is 2.96. The molecule has 2 aromatic rings. The number of fused-ring (bicyclic) bond motifs is 1. The summed E-state index contributed by atoms with van der Waals surface area (Å²) in [6.07, 6.45) is -0.878. The van der Waals surface area contributed by atoms with Gasteiger partial charge in [0.05, 0.1) is 14.2 Å². The van der Waals surface area contributed by atoms with Gasteiger partial charge in [-0.1, -0.05) is 0 Å². The van der Waals surface area contributed by atoms with Crippen LogP contribution in [0.3, 0.4) is 0 Å². The number of pyridine rings is 1. The van der Waals surface area contributed by atoms with Crippen molar-refractivity contribution >= 4 is 29.1 Å². The number of nitro groups is 1. The van der Waals surface area contributed by atoms with Crippen molar-refractivity contribution in [1.29, 1.82) is 0 Å². The summed E-state index contributed by atoms with van der Waals surface area (Å²) >= 11 is 0. The van der Waals surface area contributed by atoms with Crippen LogP contribution >= 0.6 is 0 Å². The normalized spacial score (nSPS) is 16.2. The molecule has 3 rings (SSSR count). The molecular weight excluding hydrogens is 396 g/mol. The maximum atomic E-state index is 12.9. The van der Waals surface area contributed by atoms with Crippen LogP contribution in [0.25, 0.3) is 0 Å². The average Bonchev–Trinajstić information content (AvgIpc) is 2.73. The Balaban J connectivity index is 1.91. The van der Waals surface area contributed by atoms with Gasteiger partial charge < -0.3 is 29.6 Å². The van der Waals surface area contributed by atoms with E-state index in [0.717, 1.165) is 4.90 Å². The molecule has 11 nitrogen and oxygen atoms in total. The molecule has 0 saturated carbocycles. The minimum absolute atomic E-state index is 0.0812. The highest BCUT2D eigenvalue weighted by Gasteiger charge is 2.41. The van der Waals surface area contributed by atoms with Gasteiger partial charge in [0.1, 0.15) is 6.04 Å². The Hall–Kier alpha value is -3.89. The summed E-state index contributed by atoms with van der Waals surface area (Å²) in [6.45, 7) is 3.02. The molecule has 2 heterocycles. The third-order valence-corrected chi connectivity index (χ3v) is 4.55. The molecular formula is C19H20N4O7. The van der Waals surface area contributed by atoms with E-state index in [4.69, 9.17) is 14.2 Å². The average molecular weight is 416 g/mol. The van der Waals surface area contributed by atoms with E-state index in [1.54, 1.807) is 18.2 Å². The molecule has 30 heavy (non-hydrogen) atoms. The van der Waals surface area contributed by atoms with Gasteiger partial charge >= 0.3 is 5.82 Å². The third kappa shape index (κ3) is 3.81. The number of rotatable bonds is 6. The zero-order valence-electron chi connectivity index (χ0n) is 16.7. The van der Waals surface area contributed by atoms with Crippen LogP contribution in [0.2, 0.25) is 0 Å². The number of carbonyl (C=O) groups is 2. The van der Waals surface area contributed by atoms with Crippen LogP contribution in [-0.4, -0.2) is 48.1 Å². The first-order valence-electron chi connectivity index (χ1n) is 8.94. The second kappa shape index (κ2) is 8.23. The SMILES string of the molecule is COc1ccc(NC(=O)C(C)N2C(=O)C(C)Oc3ccc([N+](=O)[O-])nc32)cc1OC. The van der Waals surface area contributed by atoms with Crippen LogP contribution in [0, 0.1) is 10.1 Å². The smallest absolute Gasteiger partial charge is 0.366 e. The lowest BCUT2D eigenvalue weighted by Crippen LogP contribution is -2.53. The Kier molecular flexibility index (Phi) is 5.72. The highest BCUT2D eigenvalue weighted by Crippen LogP contribution is 2.35. The lowest BCUT2D eigenvalue weighted by atomic mass is 10.1.